The molecule has 1 aliphatic rings. The molecule has 0 fully saturated rings. The first-order chi connectivity index (χ1) is 17.7. The largest absolute Gasteiger partial charge is 0.478 e. The molecule has 0 saturated heterocycles. The molecule has 0 spiro atoms. The average Bonchev–Trinajstić information content (AvgIpc) is 3.51. The quantitative estimate of drug-likeness (QED) is 0.366. The molecule has 2 heterocycles. The number of carbonyl (C=O) groups excluding carboxylic acids is 2. The van der Waals surface area contributed by atoms with Gasteiger partial charge < -0.3 is 15.7 Å². The topological polar surface area (TPSA) is 139 Å². The van der Waals surface area contributed by atoms with E-state index in [4.69, 9.17) is 0 Å². The zero-order valence-electron chi connectivity index (χ0n) is 19.5. The van der Waals surface area contributed by atoms with Crippen molar-refractivity contribution in [3.63, 3.8) is 0 Å². The lowest BCUT2D eigenvalue weighted by Crippen LogP contribution is -2.30. The van der Waals surface area contributed by atoms with Gasteiger partial charge >= 0.3 is 5.97 Å². The molecule has 3 N–H and O–H groups in total. The lowest BCUT2D eigenvalue weighted by Gasteiger charge is -2.16. The van der Waals surface area contributed by atoms with Crippen LogP contribution in [-0.4, -0.2) is 42.5 Å². The summed E-state index contributed by atoms with van der Waals surface area (Å²) in [6, 6.07) is 7.42. The van der Waals surface area contributed by atoms with Crippen molar-refractivity contribution in [2.24, 2.45) is 0 Å². The van der Waals surface area contributed by atoms with Crippen molar-refractivity contribution in [1.29, 1.82) is 0 Å². The zero-order chi connectivity index (χ0) is 26.3. The lowest BCUT2D eigenvalue weighted by molar-refractivity contribution is 0.0695. The lowest BCUT2D eigenvalue weighted by atomic mass is 9.98. The van der Waals surface area contributed by atoms with Crippen molar-refractivity contribution >= 4 is 23.6 Å². The third-order valence-corrected chi connectivity index (χ3v) is 6.38. The van der Waals surface area contributed by atoms with E-state index in [1.165, 1.54) is 29.0 Å². The summed E-state index contributed by atoms with van der Waals surface area (Å²) in [6.07, 6.45) is 2.39. The van der Waals surface area contributed by atoms with Gasteiger partial charge in [-0.15, -0.1) is 0 Å². The number of aromatic nitrogens is 4. The number of rotatable bonds is 6. The minimum atomic E-state index is -1.03. The molecule has 0 unspecified atom stereocenters. The second-order valence-corrected chi connectivity index (χ2v) is 8.61. The van der Waals surface area contributed by atoms with E-state index in [1.807, 2.05) is 0 Å². The Morgan fingerprint density at radius 1 is 1.11 bits per heavy atom. The van der Waals surface area contributed by atoms with Gasteiger partial charge in [0, 0.05) is 12.6 Å². The number of fused-ring (bicyclic) bond motifs is 2. The molecule has 2 aromatic carbocycles. The second kappa shape index (κ2) is 9.37. The first-order valence-corrected chi connectivity index (χ1v) is 11.3. The van der Waals surface area contributed by atoms with E-state index in [-0.39, 0.29) is 35.3 Å². The average molecular weight is 506 g/mol. The maximum Gasteiger partial charge on any atom is 0.335 e. The van der Waals surface area contributed by atoms with Gasteiger partial charge in [0.1, 0.15) is 17.7 Å². The molecule has 0 saturated carbocycles. The van der Waals surface area contributed by atoms with E-state index in [0.29, 0.717) is 24.0 Å². The van der Waals surface area contributed by atoms with Crippen LogP contribution in [0.4, 0.5) is 8.78 Å². The number of carbonyl (C=O) groups is 3. The standard InChI is InChI=1S/C25H20F2N6O4/c1-12-14-5-7-19(16(14)4-3-15(12)24(36)37)31-23(35)21-9-20(32-25-29-11-30-33(21)25)22(34)28-10-13-2-6-17(26)18(27)8-13/h2-4,6,8-9,11,19H,5,7,10H2,1H3,(H,28,34)(H,31,35)(H,36,37)/t19-/m0/s1. The van der Waals surface area contributed by atoms with Gasteiger partial charge in [-0.25, -0.2) is 18.6 Å². The molecule has 1 atom stereocenters. The summed E-state index contributed by atoms with van der Waals surface area (Å²) in [6.45, 7) is 1.66. The molecule has 37 heavy (non-hydrogen) atoms. The highest BCUT2D eigenvalue weighted by Crippen LogP contribution is 2.34. The van der Waals surface area contributed by atoms with Gasteiger partial charge in [0.25, 0.3) is 17.6 Å². The molecule has 2 aromatic heterocycles. The molecule has 0 aliphatic heterocycles. The summed E-state index contributed by atoms with van der Waals surface area (Å²) >= 11 is 0. The number of nitrogens with one attached hydrogen (secondary N) is 2. The molecule has 4 aromatic rings. The monoisotopic (exact) mass is 506 g/mol. The Bertz CT molecular complexity index is 1590. The van der Waals surface area contributed by atoms with Crippen molar-refractivity contribution in [3.05, 3.63) is 93.6 Å². The maximum atomic E-state index is 13.5. The second-order valence-electron chi connectivity index (χ2n) is 8.61. The Kier molecular flexibility index (Phi) is 6.07. The molecule has 2 amide bonds. The zero-order valence-corrected chi connectivity index (χ0v) is 19.5. The van der Waals surface area contributed by atoms with Crippen LogP contribution >= 0.6 is 0 Å². The van der Waals surface area contributed by atoms with E-state index < -0.39 is 29.4 Å². The summed E-state index contributed by atoms with van der Waals surface area (Å²) in [4.78, 5) is 45.6. The Balaban J connectivity index is 1.37. The third kappa shape index (κ3) is 4.48. The number of halogens is 2. The predicted octanol–water partition coefficient (Wildman–Crippen LogP) is 2.76. The molecule has 10 nitrogen and oxygen atoms in total. The van der Waals surface area contributed by atoms with Crippen LogP contribution in [0.15, 0.2) is 42.7 Å². The fourth-order valence-electron chi connectivity index (χ4n) is 4.51. The highest BCUT2D eigenvalue weighted by Gasteiger charge is 2.29. The Morgan fingerprint density at radius 3 is 2.68 bits per heavy atom. The summed E-state index contributed by atoms with van der Waals surface area (Å²) in [5.41, 5.74) is 2.88. The van der Waals surface area contributed by atoms with Crippen LogP contribution in [0.2, 0.25) is 0 Å². The number of carboxylic acids is 1. The van der Waals surface area contributed by atoms with Gasteiger partial charge in [0.05, 0.1) is 11.6 Å². The normalized spacial score (nSPS) is 14.4. The van der Waals surface area contributed by atoms with Crippen LogP contribution in [0, 0.1) is 18.6 Å². The minimum absolute atomic E-state index is 0.0211. The molecular formula is C25H20F2N6O4. The minimum Gasteiger partial charge on any atom is -0.478 e. The van der Waals surface area contributed by atoms with Gasteiger partial charge in [-0.2, -0.15) is 14.6 Å². The van der Waals surface area contributed by atoms with Gasteiger partial charge in [-0.05, 0) is 60.2 Å². The van der Waals surface area contributed by atoms with E-state index in [9.17, 15) is 28.3 Å². The molecule has 5 rings (SSSR count). The first kappa shape index (κ1) is 24.0. The van der Waals surface area contributed by atoms with Crippen LogP contribution < -0.4 is 10.6 Å². The van der Waals surface area contributed by atoms with Crippen LogP contribution in [0.1, 0.15) is 66.1 Å². The van der Waals surface area contributed by atoms with E-state index in [1.54, 1.807) is 13.0 Å². The smallest absolute Gasteiger partial charge is 0.335 e. The number of hydrogen-bond donors (Lipinski definition) is 3. The summed E-state index contributed by atoms with van der Waals surface area (Å²) in [5, 5.41) is 18.9. The molecule has 0 radical (unpaired) electrons. The van der Waals surface area contributed by atoms with Gasteiger partial charge in [-0.3, -0.25) is 9.59 Å². The fourth-order valence-corrected chi connectivity index (χ4v) is 4.51. The number of aromatic carboxylic acids is 1. The van der Waals surface area contributed by atoms with Crippen molar-refractivity contribution in [2.45, 2.75) is 32.4 Å². The van der Waals surface area contributed by atoms with Crippen molar-refractivity contribution in [2.75, 3.05) is 0 Å². The van der Waals surface area contributed by atoms with Crippen molar-refractivity contribution in [3.8, 4) is 0 Å². The number of carboxylic acid groups (broad SMARTS) is 1. The van der Waals surface area contributed by atoms with Crippen LogP contribution in [0.25, 0.3) is 5.78 Å². The summed E-state index contributed by atoms with van der Waals surface area (Å²) < 4.78 is 27.8. The van der Waals surface area contributed by atoms with Gasteiger partial charge in [0.15, 0.2) is 11.6 Å². The number of benzene rings is 2. The van der Waals surface area contributed by atoms with Crippen molar-refractivity contribution in [1.82, 2.24) is 30.2 Å². The van der Waals surface area contributed by atoms with Gasteiger partial charge in [-0.1, -0.05) is 12.1 Å². The highest BCUT2D eigenvalue weighted by molar-refractivity contribution is 5.98. The van der Waals surface area contributed by atoms with Crippen molar-refractivity contribution < 1.29 is 28.3 Å². The predicted molar refractivity (Wildman–Crippen MR) is 125 cm³/mol. The molecule has 188 valence electrons. The number of amides is 2. The summed E-state index contributed by atoms with van der Waals surface area (Å²) in [7, 11) is 0. The van der Waals surface area contributed by atoms with E-state index in [2.05, 4.69) is 25.7 Å². The Labute approximate surface area is 208 Å². The number of nitrogens with zero attached hydrogens (tertiary/aromatic N) is 4. The van der Waals surface area contributed by atoms with E-state index >= 15 is 0 Å². The third-order valence-electron chi connectivity index (χ3n) is 6.38. The maximum absolute atomic E-state index is 13.5. The molecule has 1 aliphatic carbocycles. The van der Waals surface area contributed by atoms with Gasteiger partial charge in [0.2, 0.25) is 0 Å². The summed E-state index contributed by atoms with van der Waals surface area (Å²) in [5.74, 6) is -4.17. The Morgan fingerprint density at radius 2 is 1.92 bits per heavy atom. The fraction of sp³-hybridized carbons (Fsp3) is 0.200. The van der Waals surface area contributed by atoms with Crippen LogP contribution in [0.5, 0.6) is 0 Å². The Hall–Kier alpha value is -4.74. The first-order valence-electron chi connectivity index (χ1n) is 11.3. The van der Waals surface area contributed by atoms with E-state index in [0.717, 1.165) is 23.3 Å². The SMILES string of the molecule is Cc1c(C(=O)O)ccc2c1CC[C@@H]2NC(=O)c1cc(C(=O)NCc2ccc(F)c(F)c2)nc2ncnn12. The number of hydrogen-bond acceptors (Lipinski definition) is 6. The molecular weight excluding hydrogens is 486 g/mol. The van der Waals surface area contributed by atoms with Crippen LogP contribution in [0.3, 0.4) is 0 Å². The van der Waals surface area contributed by atoms with Crippen LogP contribution in [-0.2, 0) is 13.0 Å². The highest BCUT2D eigenvalue weighted by atomic mass is 19.2. The molecule has 0 bridgehead atoms. The molecule has 12 heteroatoms.